The molecule has 1 amide bonds. The van der Waals surface area contributed by atoms with Crippen molar-refractivity contribution in [2.24, 2.45) is 5.92 Å². The van der Waals surface area contributed by atoms with Gasteiger partial charge in [0.25, 0.3) is 0 Å². The second-order valence-electron chi connectivity index (χ2n) is 9.31. The number of carboxylic acid groups (broad SMARTS) is 1. The molecule has 0 atom stereocenters. The van der Waals surface area contributed by atoms with Crippen molar-refractivity contribution in [2.75, 3.05) is 13.2 Å². The quantitative estimate of drug-likeness (QED) is 0.542. The van der Waals surface area contributed by atoms with E-state index < -0.39 is 5.97 Å². The van der Waals surface area contributed by atoms with E-state index >= 15 is 0 Å². The van der Waals surface area contributed by atoms with Crippen LogP contribution < -0.4 is 0 Å². The van der Waals surface area contributed by atoms with E-state index in [2.05, 4.69) is 4.98 Å². The molecule has 1 fully saturated rings. The Hall–Kier alpha value is -2.97. The van der Waals surface area contributed by atoms with Crippen LogP contribution in [0.3, 0.4) is 0 Å². The number of nitrogens with zero attached hydrogens (tertiary/aromatic N) is 3. The monoisotopic (exact) mass is 499 g/mol. The summed E-state index contributed by atoms with van der Waals surface area (Å²) in [6.07, 6.45) is 4.78. The molecule has 1 aliphatic carbocycles. The first-order valence-corrected chi connectivity index (χ1v) is 12.3. The Morgan fingerprint density at radius 1 is 1.20 bits per heavy atom. The zero-order valence-electron chi connectivity index (χ0n) is 19.3. The second kappa shape index (κ2) is 9.95. The summed E-state index contributed by atoms with van der Waals surface area (Å²) in [7, 11) is 0. The molecule has 2 aliphatic rings. The maximum absolute atomic E-state index is 14.6. The van der Waals surface area contributed by atoms with Gasteiger partial charge in [0.2, 0.25) is 5.91 Å². The average molecular weight is 500 g/mol. The van der Waals surface area contributed by atoms with Gasteiger partial charge in [0.05, 0.1) is 25.1 Å². The normalized spacial score (nSPS) is 20.1. The van der Waals surface area contributed by atoms with Gasteiger partial charge in [-0.15, -0.1) is 0 Å². The molecule has 7 nitrogen and oxygen atoms in total. The number of carbonyl (C=O) groups excluding carboxylic acids is 1. The predicted octanol–water partition coefficient (Wildman–Crippen LogP) is 4.42. The van der Waals surface area contributed by atoms with Gasteiger partial charge < -0.3 is 19.3 Å². The number of pyridine rings is 1. The Kier molecular flexibility index (Phi) is 6.75. The molecule has 1 aromatic carbocycles. The molecule has 0 spiro atoms. The van der Waals surface area contributed by atoms with Gasteiger partial charge in [-0.3, -0.25) is 9.59 Å². The summed E-state index contributed by atoms with van der Waals surface area (Å²) in [6, 6.07) is 8.56. The number of amides is 1. The third-order valence-corrected chi connectivity index (χ3v) is 7.41. The molecular weight excluding hydrogens is 473 g/mol. The molecule has 2 aromatic heterocycles. The van der Waals surface area contributed by atoms with Gasteiger partial charge in [-0.2, -0.15) is 0 Å². The molecule has 0 bridgehead atoms. The number of hydrogen-bond acceptors (Lipinski definition) is 4. The SMILES string of the molecule is O=C(CO[C@H]1CC[C@@H](C(=O)O)CC1)N1CCc2c(n(Cc3ccc(Cl)cc3F)c3ncccc23)C1. The summed E-state index contributed by atoms with van der Waals surface area (Å²) >= 11 is 5.93. The maximum Gasteiger partial charge on any atom is 0.306 e. The Morgan fingerprint density at radius 2 is 2.00 bits per heavy atom. The van der Waals surface area contributed by atoms with Crippen LogP contribution >= 0.6 is 11.6 Å². The van der Waals surface area contributed by atoms with Crippen LogP contribution in [0.15, 0.2) is 36.5 Å². The molecule has 9 heteroatoms. The van der Waals surface area contributed by atoms with Crippen LogP contribution in [-0.4, -0.2) is 50.7 Å². The lowest BCUT2D eigenvalue weighted by Gasteiger charge is -2.30. The third-order valence-electron chi connectivity index (χ3n) is 7.18. The van der Waals surface area contributed by atoms with Crippen molar-refractivity contribution < 1.29 is 23.8 Å². The number of rotatable bonds is 6. The van der Waals surface area contributed by atoms with Crippen molar-refractivity contribution in [1.29, 1.82) is 0 Å². The second-order valence-corrected chi connectivity index (χ2v) is 9.75. The number of hydrogen-bond donors (Lipinski definition) is 1. The lowest BCUT2D eigenvalue weighted by molar-refractivity contribution is -0.146. The number of ether oxygens (including phenoxy) is 1. The minimum Gasteiger partial charge on any atom is -0.481 e. The van der Waals surface area contributed by atoms with Gasteiger partial charge in [-0.05, 0) is 61.9 Å². The van der Waals surface area contributed by atoms with Crippen LogP contribution in [0.5, 0.6) is 0 Å². The van der Waals surface area contributed by atoms with Crippen LogP contribution in [0.1, 0.15) is 42.5 Å². The van der Waals surface area contributed by atoms with Gasteiger partial charge in [0.1, 0.15) is 18.1 Å². The summed E-state index contributed by atoms with van der Waals surface area (Å²) in [4.78, 5) is 30.5. The van der Waals surface area contributed by atoms with E-state index in [1.807, 2.05) is 16.7 Å². The third kappa shape index (κ3) is 4.90. The minimum atomic E-state index is -0.757. The number of carbonyl (C=O) groups is 2. The number of halogens is 2. The lowest BCUT2D eigenvalue weighted by Crippen LogP contribution is -2.40. The van der Waals surface area contributed by atoms with Crippen LogP contribution in [0.2, 0.25) is 5.02 Å². The van der Waals surface area contributed by atoms with Crippen molar-refractivity contribution in [3.8, 4) is 0 Å². The Balaban J connectivity index is 1.31. The molecule has 184 valence electrons. The fourth-order valence-electron chi connectivity index (χ4n) is 5.22. The smallest absolute Gasteiger partial charge is 0.306 e. The summed E-state index contributed by atoms with van der Waals surface area (Å²) in [6.45, 7) is 1.23. The van der Waals surface area contributed by atoms with Crippen LogP contribution in [0.25, 0.3) is 11.0 Å². The Morgan fingerprint density at radius 3 is 2.74 bits per heavy atom. The van der Waals surface area contributed by atoms with Gasteiger partial charge in [0, 0.05) is 34.4 Å². The fraction of sp³-hybridized carbons (Fsp3) is 0.423. The molecular formula is C26H27ClFN3O4. The van der Waals surface area contributed by atoms with Crippen molar-refractivity contribution in [2.45, 2.75) is 51.3 Å². The highest BCUT2D eigenvalue weighted by molar-refractivity contribution is 6.30. The molecule has 1 aliphatic heterocycles. The van der Waals surface area contributed by atoms with Crippen molar-refractivity contribution in [3.63, 3.8) is 0 Å². The van der Waals surface area contributed by atoms with Crippen molar-refractivity contribution in [1.82, 2.24) is 14.5 Å². The highest BCUT2D eigenvalue weighted by atomic mass is 35.5. The van der Waals surface area contributed by atoms with Gasteiger partial charge in [-0.25, -0.2) is 9.37 Å². The van der Waals surface area contributed by atoms with Crippen molar-refractivity contribution in [3.05, 3.63) is 64.2 Å². The van der Waals surface area contributed by atoms with E-state index in [4.69, 9.17) is 21.4 Å². The highest BCUT2D eigenvalue weighted by Gasteiger charge is 2.30. The first-order valence-electron chi connectivity index (χ1n) is 11.9. The van der Waals surface area contributed by atoms with E-state index in [9.17, 15) is 14.0 Å². The first kappa shape index (κ1) is 23.8. The van der Waals surface area contributed by atoms with E-state index in [1.54, 1.807) is 23.2 Å². The molecule has 3 aromatic rings. The van der Waals surface area contributed by atoms with E-state index in [0.717, 1.165) is 22.3 Å². The lowest BCUT2D eigenvalue weighted by atomic mass is 9.87. The summed E-state index contributed by atoms with van der Waals surface area (Å²) in [5.74, 6) is -1.55. The maximum atomic E-state index is 14.6. The molecule has 0 unspecified atom stereocenters. The van der Waals surface area contributed by atoms with Gasteiger partial charge in [-0.1, -0.05) is 17.7 Å². The predicted molar refractivity (Wildman–Crippen MR) is 129 cm³/mol. The number of aromatic nitrogens is 2. The van der Waals surface area contributed by atoms with Crippen LogP contribution in [0, 0.1) is 11.7 Å². The molecule has 3 heterocycles. The van der Waals surface area contributed by atoms with Gasteiger partial charge >= 0.3 is 5.97 Å². The standard InChI is InChI=1S/C26H27ClFN3O4/c27-18-6-3-17(22(28)12-18)13-31-23-14-30(11-9-20(23)21-2-1-10-29-25(21)31)24(32)15-35-19-7-4-16(5-8-19)26(33)34/h1-3,6,10,12,16,19H,4-5,7-9,11,13-15H2,(H,33,34)/t16-,19+. The molecule has 1 N–H and O–H groups in total. The molecule has 5 rings (SSSR count). The number of aliphatic carboxylic acids is 1. The first-order chi connectivity index (χ1) is 16.9. The molecule has 0 saturated heterocycles. The molecule has 35 heavy (non-hydrogen) atoms. The Bertz CT molecular complexity index is 1270. The van der Waals surface area contributed by atoms with Gasteiger partial charge in [0.15, 0.2) is 0 Å². The van der Waals surface area contributed by atoms with Crippen LogP contribution in [-0.2, 0) is 33.8 Å². The summed E-state index contributed by atoms with van der Waals surface area (Å²) < 4.78 is 22.4. The van der Waals surface area contributed by atoms with E-state index in [-0.39, 0.29) is 36.9 Å². The highest BCUT2D eigenvalue weighted by Crippen LogP contribution is 2.31. The van der Waals surface area contributed by atoms with Crippen molar-refractivity contribution >= 4 is 34.5 Å². The zero-order chi connectivity index (χ0) is 24.5. The Labute approximate surface area is 207 Å². The molecule has 1 saturated carbocycles. The number of fused-ring (bicyclic) bond motifs is 3. The largest absolute Gasteiger partial charge is 0.481 e. The van der Waals surface area contributed by atoms with E-state index in [0.29, 0.717) is 55.8 Å². The minimum absolute atomic E-state index is 0.0258. The van der Waals surface area contributed by atoms with E-state index in [1.165, 1.54) is 6.07 Å². The number of carboxylic acids is 1. The summed E-state index contributed by atoms with van der Waals surface area (Å²) in [5.41, 5.74) is 3.37. The van der Waals surface area contributed by atoms with Crippen LogP contribution in [0.4, 0.5) is 4.39 Å². The molecule has 0 radical (unpaired) electrons. The zero-order valence-corrected chi connectivity index (χ0v) is 20.0. The average Bonchev–Trinajstić information content (AvgIpc) is 3.17. The fourth-order valence-corrected chi connectivity index (χ4v) is 5.38. The topological polar surface area (TPSA) is 84.7 Å². The summed E-state index contributed by atoms with van der Waals surface area (Å²) in [5, 5.41) is 10.5. The number of benzene rings is 1.